The van der Waals surface area contributed by atoms with Crippen LogP contribution in [0.25, 0.3) is 0 Å². The molecular formula is C14H23N3O3. The second-order valence-electron chi connectivity index (χ2n) is 5.68. The predicted molar refractivity (Wildman–Crippen MR) is 74.6 cm³/mol. The Morgan fingerprint density at radius 1 is 1.60 bits per heavy atom. The molecule has 2 atom stereocenters. The van der Waals surface area contributed by atoms with Gasteiger partial charge in [0.2, 0.25) is 0 Å². The summed E-state index contributed by atoms with van der Waals surface area (Å²) in [5, 5.41) is 13.6. The van der Waals surface area contributed by atoms with Gasteiger partial charge in [0.15, 0.2) is 0 Å². The highest BCUT2D eigenvalue weighted by Gasteiger charge is 2.31. The van der Waals surface area contributed by atoms with Gasteiger partial charge in [0.25, 0.3) is 5.91 Å². The zero-order valence-electron chi connectivity index (χ0n) is 12.5. The molecule has 2 heterocycles. The van der Waals surface area contributed by atoms with Crippen LogP contribution in [0.3, 0.4) is 0 Å². The zero-order chi connectivity index (χ0) is 14.9. The van der Waals surface area contributed by atoms with Crippen molar-refractivity contribution in [1.29, 1.82) is 0 Å². The van der Waals surface area contributed by atoms with Crippen LogP contribution in [-0.2, 0) is 11.8 Å². The van der Waals surface area contributed by atoms with E-state index in [1.807, 2.05) is 13.0 Å². The van der Waals surface area contributed by atoms with Crippen molar-refractivity contribution < 1.29 is 14.6 Å². The van der Waals surface area contributed by atoms with Crippen LogP contribution in [0.4, 0.5) is 0 Å². The van der Waals surface area contributed by atoms with Gasteiger partial charge in [0.05, 0.1) is 31.1 Å². The Morgan fingerprint density at radius 2 is 2.30 bits per heavy atom. The molecular weight excluding hydrogens is 258 g/mol. The summed E-state index contributed by atoms with van der Waals surface area (Å²) in [5.41, 5.74) is 1.50. The van der Waals surface area contributed by atoms with Crippen LogP contribution in [0.2, 0.25) is 0 Å². The SMILES string of the molecule is CC(C)c1cc(C(=O)N2C[C@H](CO)OC[C@H]2C)n(C)n1. The maximum Gasteiger partial charge on any atom is 0.272 e. The molecule has 0 unspecified atom stereocenters. The second-order valence-corrected chi connectivity index (χ2v) is 5.68. The van der Waals surface area contributed by atoms with Crippen LogP contribution in [0, 0.1) is 0 Å². The molecule has 0 radical (unpaired) electrons. The molecule has 1 fully saturated rings. The van der Waals surface area contributed by atoms with Crippen LogP contribution < -0.4 is 0 Å². The van der Waals surface area contributed by atoms with Crippen LogP contribution in [0.5, 0.6) is 0 Å². The van der Waals surface area contributed by atoms with Crippen molar-refractivity contribution in [2.75, 3.05) is 19.8 Å². The van der Waals surface area contributed by atoms with Gasteiger partial charge in [-0.3, -0.25) is 9.48 Å². The minimum absolute atomic E-state index is 0.00250. The first kappa shape index (κ1) is 15.0. The Hall–Kier alpha value is -1.40. The van der Waals surface area contributed by atoms with Crippen molar-refractivity contribution in [3.05, 3.63) is 17.5 Å². The summed E-state index contributed by atoms with van der Waals surface area (Å²) in [6, 6.07) is 1.85. The highest BCUT2D eigenvalue weighted by Crippen LogP contribution is 2.18. The Morgan fingerprint density at radius 3 is 2.85 bits per heavy atom. The van der Waals surface area contributed by atoms with Gasteiger partial charge in [-0.25, -0.2) is 0 Å². The van der Waals surface area contributed by atoms with Crippen molar-refractivity contribution >= 4 is 5.91 Å². The van der Waals surface area contributed by atoms with Crippen molar-refractivity contribution in [2.24, 2.45) is 7.05 Å². The highest BCUT2D eigenvalue weighted by atomic mass is 16.5. The molecule has 1 aromatic rings. The number of morpholine rings is 1. The molecule has 20 heavy (non-hydrogen) atoms. The Labute approximate surface area is 119 Å². The number of nitrogens with zero attached hydrogens (tertiary/aromatic N) is 3. The van der Waals surface area contributed by atoms with E-state index in [0.29, 0.717) is 18.8 Å². The molecule has 0 bridgehead atoms. The molecule has 0 spiro atoms. The van der Waals surface area contributed by atoms with Gasteiger partial charge in [-0.1, -0.05) is 13.8 Å². The van der Waals surface area contributed by atoms with Gasteiger partial charge in [0, 0.05) is 13.6 Å². The van der Waals surface area contributed by atoms with Gasteiger partial charge in [-0.05, 0) is 18.9 Å². The number of carbonyl (C=O) groups is 1. The third-order valence-corrected chi connectivity index (χ3v) is 3.68. The van der Waals surface area contributed by atoms with E-state index < -0.39 is 0 Å². The Balaban J connectivity index is 2.21. The molecule has 6 heteroatoms. The number of hydrogen-bond donors (Lipinski definition) is 1. The molecule has 1 N–H and O–H groups in total. The van der Waals surface area contributed by atoms with Crippen molar-refractivity contribution in [3.8, 4) is 0 Å². The van der Waals surface area contributed by atoms with E-state index in [2.05, 4.69) is 18.9 Å². The van der Waals surface area contributed by atoms with E-state index in [4.69, 9.17) is 4.74 Å². The van der Waals surface area contributed by atoms with Crippen molar-refractivity contribution in [2.45, 2.75) is 38.8 Å². The summed E-state index contributed by atoms with van der Waals surface area (Å²) in [5.74, 6) is 0.233. The largest absolute Gasteiger partial charge is 0.394 e. The first-order valence-corrected chi connectivity index (χ1v) is 7.01. The van der Waals surface area contributed by atoms with Gasteiger partial charge < -0.3 is 14.7 Å². The number of aliphatic hydroxyl groups is 1. The Kier molecular flexibility index (Phi) is 4.45. The average molecular weight is 281 g/mol. The number of carbonyl (C=O) groups excluding carboxylic acids is 1. The number of aromatic nitrogens is 2. The predicted octanol–water partition coefficient (Wildman–Crippen LogP) is 0.765. The monoisotopic (exact) mass is 281 g/mol. The molecule has 0 aliphatic carbocycles. The first-order valence-electron chi connectivity index (χ1n) is 7.01. The maximum absolute atomic E-state index is 12.7. The fourth-order valence-electron chi connectivity index (χ4n) is 2.33. The van der Waals surface area contributed by atoms with Crippen LogP contribution in [0.1, 0.15) is 42.9 Å². The van der Waals surface area contributed by atoms with Crippen LogP contribution in [-0.4, -0.2) is 57.6 Å². The van der Waals surface area contributed by atoms with E-state index >= 15 is 0 Å². The molecule has 2 rings (SSSR count). The van der Waals surface area contributed by atoms with E-state index in [1.54, 1.807) is 16.6 Å². The molecule has 1 aromatic heterocycles. The smallest absolute Gasteiger partial charge is 0.272 e. The Bertz CT molecular complexity index is 484. The number of ether oxygens (including phenoxy) is 1. The van der Waals surface area contributed by atoms with E-state index in [9.17, 15) is 9.90 Å². The molecule has 0 aromatic carbocycles. The summed E-state index contributed by atoms with van der Waals surface area (Å²) >= 11 is 0. The lowest BCUT2D eigenvalue weighted by Gasteiger charge is -2.37. The first-order chi connectivity index (χ1) is 9.43. The summed E-state index contributed by atoms with van der Waals surface area (Å²) < 4.78 is 7.10. The number of amides is 1. The highest BCUT2D eigenvalue weighted by molar-refractivity contribution is 5.93. The number of aliphatic hydroxyl groups excluding tert-OH is 1. The summed E-state index contributed by atoms with van der Waals surface area (Å²) in [4.78, 5) is 14.4. The fourth-order valence-corrected chi connectivity index (χ4v) is 2.33. The van der Waals surface area contributed by atoms with Gasteiger partial charge >= 0.3 is 0 Å². The van der Waals surface area contributed by atoms with Gasteiger partial charge in [0.1, 0.15) is 5.69 Å². The lowest BCUT2D eigenvalue weighted by Crippen LogP contribution is -2.52. The fraction of sp³-hybridized carbons (Fsp3) is 0.714. The molecule has 1 amide bonds. The topological polar surface area (TPSA) is 67.6 Å². The summed E-state index contributed by atoms with van der Waals surface area (Å²) in [6.07, 6.45) is -0.298. The molecule has 1 aliphatic rings. The van der Waals surface area contributed by atoms with E-state index in [1.165, 1.54) is 0 Å². The van der Waals surface area contributed by atoms with Crippen molar-refractivity contribution in [1.82, 2.24) is 14.7 Å². The lowest BCUT2D eigenvalue weighted by molar-refractivity contribution is -0.0669. The van der Waals surface area contributed by atoms with E-state index in [-0.39, 0.29) is 30.6 Å². The molecule has 1 saturated heterocycles. The molecule has 6 nitrogen and oxygen atoms in total. The number of rotatable bonds is 3. The molecule has 112 valence electrons. The van der Waals surface area contributed by atoms with Crippen molar-refractivity contribution in [3.63, 3.8) is 0 Å². The minimum Gasteiger partial charge on any atom is -0.394 e. The molecule has 1 aliphatic heterocycles. The maximum atomic E-state index is 12.7. The number of aryl methyl sites for hydroxylation is 1. The standard InChI is InChI=1S/C14H23N3O3/c1-9(2)12-5-13(16(4)15-12)14(19)17-6-11(7-18)20-8-10(17)3/h5,9-11,18H,6-8H2,1-4H3/t10-,11-/m1/s1. The third kappa shape index (κ3) is 2.86. The summed E-state index contributed by atoms with van der Waals surface area (Å²) in [6.45, 7) is 6.85. The van der Waals surface area contributed by atoms with Gasteiger partial charge in [-0.15, -0.1) is 0 Å². The normalized spacial score (nSPS) is 23.4. The summed E-state index contributed by atoms with van der Waals surface area (Å²) in [7, 11) is 1.79. The van der Waals surface area contributed by atoms with Crippen LogP contribution in [0.15, 0.2) is 6.07 Å². The quantitative estimate of drug-likeness (QED) is 0.888. The average Bonchev–Trinajstić information content (AvgIpc) is 2.81. The lowest BCUT2D eigenvalue weighted by atomic mass is 10.1. The zero-order valence-corrected chi connectivity index (χ0v) is 12.5. The van der Waals surface area contributed by atoms with E-state index in [0.717, 1.165) is 5.69 Å². The van der Waals surface area contributed by atoms with Crippen LogP contribution >= 0.6 is 0 Å². The third-order valence-electron chi connectivity index (χ3n) is 3.68. The molecule has 0 saturated carbocycles. The minimum atomic E-state index is -0.298. The second kappa shape index (κ2) is 5.93. The number of hydrogen-bond acceptors (Lipinski definition) is 4. The van der Waals surface area contributed by atoms with Gasteiger partial charge in [-0.2, -0.15) is 5.10 Å².